The minimum absolute atomic E-state index is 0.371. The molecule has 0 radical (unpaired) electrons. The first-order valence-electron chi connectivity index (χ1n) is 6.27. The SMILES string of the molecule is Cc1ccc(C(C)NS(=O)(=O)c2c[nH]ccc2=O)cc1F. The molecule has 0 saturated carbocycles. The lowest BCUT2D eigenvalue weighted by molar-refractivity contribution is 0.563. The number of nitrogens with one attached hydrogen (secondary N) is 2. The van der Waals surface area contributed by atoms with Gasteiger partial charge in [-0.15, -0.1) is 0 Å². The van der Waals surface area contributed by atoms with Crippen LogP contribution in [-0.2, 0) is 10.0 Å². The van der Waals surface area contributed by atoms with Gasteiger partial charge in [0.1, 0.15) is 10.7 Å². The molecule has 0 saturated heterocycles. The van der Waals surface area contributed by atoms with Gasteiger partial charge in [-0.05, 0) is 31.0 Å². The Morgan fingerprint density at radius 2 is 2.00 bits per heavy atom. The molecule has 0 aliphatic rings. The Labute approximate surface area is 121 Å². The number of benzene rings is 1. The van der Waals surface area contributed by atoms with Crippen molar-refractivity contribution in [3.63, 3.8) is 0 Å². The van der Waals surface area contributed by atoms with Gasteiger partial charge in [0.2, 0.25) is 15.5 Å². The molecule has 21 heavy (non-hydrogen) atoms. The average molecular weight is 310 g/mol. The van der Waals surface area contributed by atoms with Crippen LogP contribution in [0.25, 0.3) is 0 Å². The zero-order valence-electron chi connectivity index (χ0n) is 11.6. The van der Waals surface area contributed by atoms with Crippen molar-refractivity contribution < 1.29 is 12.8 Å². The summed E-state index contributed by atoms with van der Waals surface area (Å²) in [6.07, 6.45) is 2.47. The molecule has 0 bridgehead atoms. The number of pyridine rings is 1. The van der Waals surface area contributed by atoms with Crippen molar-refractivity contribution in [1.82, 2.24) is 9.71 Å². The number of aromatic nitrogens is 1. The summed E-state index contributed by atoms with van der Waals surface area (Å²) < 4.78 is 40.2. The Kier molecular flexibility index (Phi) is 4.24. The fraction of sp³-hybridized carbons (Fsp3) is 0.214. The first-order chi connectivity index (χ1) is 9.81. The van der Waals surface area contributed by atoms with Crippen LogP contribution < -0.4 is 10.2 Å². The van der Waals surface area contributed by atoms with Gasteiger partial charge in [-0.2, -0.15) is 0 Å². The van der Waals surface area contributed by atoms with Gasteiger partial charge < -0.3 is 4.98 Å². The Morgan fingerprint density at radius 1 is 1.29 bits per heavy atom. The topological polar surface area (TPSA) is 79.0 Å². The molecule has 2 aromatic rings. The summed E-state index contributed by atoms with van der Waals surface area (Å²) >= 11 is 0. The van der Waals surface area contributed by atoms with E-state index in [0.29, 0.717) is 11.1 Å². The van der Waals surface area contributed by atoms with Gasteiger partial charge in [-0.1, -0.05) is 12.1 Å². The monoisotopic (exact) mass is 310 g/mol. The van der Waals surface area contributed by atoms with Crippen molar-refractivity contribution in [1.29, 1.82) is 0 Å². The molecule has 0 aliphatic heterocycles. The fourth-order valence-electron chi connectivity index (χ4n) is 1.85. The van der Waals surface area contributed by atoms with Crippen LogP contribution in [0.1, 0.15) is 24.1 Å². The Bertz CT molecular complexity index is 815. The highest BCUT2D eigenvalue weighted by atomic mass is 32.2. The van der Waals surface area contributed by atoms with E-state index in [-0.39, 0.29) is 4.90 Å². The predicted molar refractivity (Wildman–Crippen MR) is 76.9 cm³/mol. The van der Waals surface area contributed by atoms with E-state index in [0.717, 1.165) is 12.3 Å². The van der Waals surface area contributed by atoms with Crippen molar-refractivity contribution in [2.45, 2.75) is 24.8 Å². The normalized spacial score (nSPS) is 13.1. The van der Waals surface area contributed by atoms with Crippen LogP contribution in [0.5, 0.6) is 0 Å². The number of sulfonamides is 1. The molecular formula is C14H15FN2O3S. The molecule has 7 heteroatoms. The Balaban J connectivity index is 2.30. The number of halogens is 1. The van der Waals surface area contributed by atoms with Gasteiger partial charge in [-0.3, -0.25) is 4.79 Å². The standard InChI is InChI=1S/C14H15FN2O3S/c1-9-3-4-11(7-12(9)15)10(2)17-21(19,20)14-8-16-6-5-13(14)18/h3-8,10,17H,1-2H3,(H,16,18). The Hall–Kier alpha value is -1.99. The molecule has 0 aliphatic carbocycles. The van der Waals surface area contributed by atoms with Crippen molar-refractivity contribution in [3.8, 4) is 0 Å². The van der Waals surface area contributed by atoms with Gasteiger partial charge in [0.15, 0.2) is 0 Å². The molecule has 5 nitrogen and oxygen atoms in total. The van der Waals surface area contributed by atoms with Gasteiger partial charge in [-0.25, -0.2) is 17.5 Å². The van der Waals surface area contributed by atoms with E-state index in [1.165, 1.54) is 12.3 Å². The number of aromatic amines is 1. The van der Waals surface area contributed by atoms with E-state index in [2.05, 4.69) is 9.71 Å². The van der Waals surface area contributed by atoms with Crippen LogP contribution in [0.4, 0.5) is 4.39 Å². The summed E-state index contributed by atoms with van der Waals surface area (Å²) in [5, 5.41) is 0. The molecular weight excluding hydrogens is 295 g/mol. The van der Waals surface area contributed by atoms with Crippen molar-refractivity contribution in [2.24, 2.45) is 0 Å². The molecule has 2 N–H and O–H groups in total. The highest BCUT2D eigenvalue weighted by Gasteiger charge is 2.21. The van der Waals surface area contributed by atoms with E-state index >= 15 is 0 Å². The summed E-state index contributed by atoms with van der Waals surface area (Å²) in [5.41, 5.74) is 0.353. The number of H-pyrrole nitrogens is 1. The van der Waals surface area contributed by atoms with Gasteiger partial charge in [0, 0.05) is 24.5 Å². The molecule has 1 unspecified atom stereocenters. The largest absolute Gasteiger partial charge is 0.366 e. The van der Waals surface area contributed by atoms with Gasteiger partial charge >= 0.3 is 0 Å². The number of hydrogen-bond donors (Lipinski definition) is 2. The van der Waals surface area contributed by atoms with Crippen LogP contribution in [0.2, 0.25) is 0 Å². The highest BCUT2D eigenvalue weighted by Crippen LogP contribution is 2.18. The summed E-state index contributed by atoms with van der Waals surface area (Å²) in [6, 6.07) is 4.96. The molecule has 1 aromatic carbocycles. The van der Waals surface area contributed by atoms with Crippen molar-refractivity contribution in [2.75, 3.05) is 0 Å². The summed E-state index contributed by atoms with van der Waals surface area (Å²) in [6.45, 7) is 3.20. The van der Waals surface area contributed by atoms with E-state index in [1.54, 1.807) is 26.0 Å². The lowest BCUT2D eigenvalue weighted by Gasteiger charge is -2.15. The van der Waals surface area contributed by atoms with E-state index in [1.807, 2.05) is 0 Å². The smallest absolute Gasteiger partial charge is 0.246 e. The predicted octanol–water partition coefficient (Wildman–Crippen LogP) is 1.86. The minimum Gasteiger partial charge on any atom is -0.366 e. The van der Waals surface area contributed by atoms with Crippen molar-refractivity contribution in [3.05, 3.63) is 63.8 Å². The van der Waals surface area contributed by atoms with Crippen molar-refractivity contribution >= 4 is 10.0 Å². The van der Waals surface area contributed by atoms with Crippen LogP contribution in [0.15, 0.2) is 46.3 Å². The second-order valence-corrected chi connectivity index (χ2v) is 6.41. The second-order valence-electron chi connectivity index (χ2n) is 4.72. The maximum atomic E-state index is 13.5. The quantitative estimate of drug-likeness (QED) is 0.904. The number of aryl methyl sites for hydroxylation is 1. The minimum atomic E-state index is -3.98. The molecule has 0 fully saturated rings. The lowest BCUT2D eigenvalue weighted by atomic mass is 10.1. The van der Waals surface area contributed by atoms with E-state index < -0.39 is 27.3 Å². The van der Waals surface area contributed by atoms with Gasteiger partial charge in [0.25, 0.3) is 0 Å². The first kappa shape index (κ1) is 15.4. The molecule has 1 heterocycles. The third-order valence-corrected chi connectivity index (χ3v) is 4.67. The van der Waals surface area contributed by atoms with Gasteiger partial charge in [0.05, 0.1) is 0 Å². The zero-order valence-corrected chi connectivity index (χ0v) is 12.4. The highest BCUT2D eigenvalue weighted by molar-refractivity contribution is 7.89. The van der Waals surface area contributed by atoms with E-state index in [9.17, 15) is 17.6 Å². The van der Waals surface area contributed by atoms with Crippen LogP contribution in [-0.4, -0.2) is 13.4 Å². The maximum absolute atomic E-state index is 13.5. The molecule has 0 amide bonds. The molecule has 0 spiro atoms. The van der Waals surface area contributed by atoms with Crippen LogP contribution in [0, 0.1) is 12.7 Å². The molecule has 1 aromatic heterocycles. The second kappa shape index (κ2) is 5.79. The number of rotatable bonds is 4. The average Bonchev–Trinajstić information content (AvgIpc) is 2.41. The molecule has 1 atom stereocenters. The summed E-state index contributed by atoms with van der Waals surface area (Å²) in [4.78, 5) is 13.8. The summed E-state index contributed by atoms with van der Waals surface area (Å²) in [7, 11) is -3.98. The fourth-order valence-corrected chi connectivity index (χ4v) is 3.14. The first-order valence-corrected chi connectivity index (χ1v) is 7.75. The van der Waals surface area contributed by atoms with Crippen LogP contribution >= 0.6 is 0 Å². The third-order valence-electron chi connectivity index (χ3n) is 3.11. The molecule has 2 rings (SSSR count). The third kappa shape index (κ3) is 3.37. The lowest BCUT2D eigenvalue weighted by Crippen LogP contribution is -2.30. The van der Waals surface area contributed by atoms with E-state index in [4.69, 9.17) is 0 Å². The molecule has 112 valence electrons. The Morgan fingerprint density at radius 3 is 2.62 bits per heavy atom. The summed E-state index contributed by atoms with van der Waals surface area (Å²) in [5.74, 6) is -0.406. The zero-order chi connectivity index (χ0) is 15.6. The van der Waals surface area contributed by atoms with Crippen LogP contribution in [0.3, 0.4) is 0 Å². The maximum Gasteiger partial charge on any atom is 0.246 e. The number of hydrogen-bond acceptors (Lipinski definition) is 3.